The van der Waals surface area contributed by atoms with Crippen molar-refractivity contribution in [2.75, 3.05) is 13.2 Å². The summed E-state index contributed by atoms with van der Waals surface area (Å²) in [4.78, 5) is 12.3. The Labute approximate surface area is 149 Å². The molecule has 4 heteroatoms. The molecule has 0 aromatic heterocycles. The zero-order valence-corrected chi connectivity index (χ0v) is 15.2. The van der Waals surface area contributed by atoms with Crippen LogP contribution in [-0.2, 0) is 20.9 Å². The first kappa shape index (κ1) is 18.2. The molecule has 1 aromatic rings. The fraction of sp³-hybridized carbons (Fsp3) is 0.571. The predicted octanol–water partition coefficient (Wildman–Crippen LogP) is 3.49. The largest absolute Gasteiger partial charge is 0.453 e. The zero-order chi connectivity index (χ0) is 18.1. The maximum Gasteiger partial charge on any atom is 0.310 e. The average Bonchev–Trinajstić information content (AvgIpc) is 2.83. The molecule has 1 saturated carbocycles. The lowest BCUT2D eigenvalue weighted by molar-refractivity contribution is -0.178. The minimum Gasteiger partial charge on any atom is -0.453 e. The second-order valence-electron chi connectivity index (χ2n) is 7.86. The number of aliphatic hydroxyl groups excluding tert-OH is 1. The molecule has 0 radical (unpaired) electrons. The molecule has 1 heterocycles. The van der Waals surface area contributed by atoms with Gasteiger partial charge in [0.15, 0.2) is 0 Å². The van der Waals surface area contributed by atoms with Crippen LogP contribution < -0.4 is 0 Å². The number of aliphatic hydroxyl groups is 1. The minimum absolute atomic E-state index is 0.0133. The summed E-state index contributed by atoms with van der Waals surface area (Å²) in [6.07, 6.45) is 2.07. The Morgan fingerprint density at radius 2 is 2.08 bits per heavy atom. The van der Waals surface area contributed by atoms with E-state index in [4.69, 9.17) is 9.47 Å². The average molecular weight is 344 g/mol. The maximum absolute atomic E-state index is 12.3. The SMILES string of the molecule is C=C(CCOCc1ccccc1)[C@]12OC(=O)[C@H](CCO)[C@H]1CC2(C)C. The fourth-order valence-electron chi connectivity index (χ4n) is 4.67. The summed E-state index contributed by atoms with van der Waals surface area (Å²) in [5.74, 6) is -0.264. The number of fused-ring (bicyclic) bond motifs is 1. The molecule has 1 N–H and O–H groups in total. The van der Waals surface area contributed by atoms with Gasteiger partial charge in [0.05, 0.1) is 19.1 Å². The van der Waals surface area contributed by atoms with Crippen molar-refractivity contribution in [3.8, 4) is 0 Å². The lowest BCUT2D eigenvalue weighted by Gasteiger charge is -2.58. The van der Waals surface area contributed by atoms with E-state index in [1.807, 2.05) is 30.3 Å². The van der Waals surface area contributed by atoms with Gasteiger partial charge < -0.3 is 14.6 Å². The first-order valence-electron chi connectivity index (χ1n) is 9.06. The van der Waals surface area contributed by atoms with Crippen LogP contribution in [-0.4, -0.2) is 29.9 Å². The van der Waals surface area contributed by atoms with E-state index in [0.717, 1.165) is 17.6 Å². The van der Waals surface area contributed by atoms with Gasteiger partial charge in [-0.15, -0.1) is 0 Å². The summed E-state index contributed by atoms with van der Waals surface area (Å²) in [7, 11) is 0. The van der Waals surface area contributed by atoms with Gasteiger partial charge >= 0.3 is 5.97 Å². The summed E-state index contributed by atoms with van der Waals surface area (Å²) in [6, 6.07) is 10.1. The zero-order valence-electron chi connectivity index (χ0n) is 15.2. The molecule has 1 aliphatic heterocycles. The molecular formula is C21H28O4. The van der Waals surface area contributed by atoms with Crippen LogP contribution in [0.15, 0.2) is 42.5 Å². The summed E-state index contributed by atoms with van der Waals surface area (Å²) >= 11 is 0. The topological polar surface area (TPSA) is 55.8 Å². The molecule has 0 amide bonds. The van der Waals surface area contributed by atoms with Crippen molar-refractivity contribution in [1.82, 2.24) is 0 Å². The van der Waals surface area contributed by atoms with E-state index in [1.54, 1.807) is 0 Å². The lowest BCUT2D eigenvalue weighted by Crippen LogP contribution is -2.61. The Kier molecular flexibility index (Phi) is 5.03. The van der Waals surface area contributed by atoms with Gasteiger partial charge in [-0.05, 0) is 30.4 Å². The van der Waals surface area contributed by atoms with Gasteiger partial charge in [-0.3, -0.25) is 4.79 Å². The van der Waals surface area contributed by atoms with Crippen LogP contribution in [0.2, 0.25) is 0 Å². The number of carbonyl (C=O) groups excluding carboxylic acids is 1. The normalized spacial score (nSPS) is 29.6. The highest BCUT2D eigenvalue weighted by atomic mass is 16.6. The van der Waals surface area contributed by atoms with Crippen LogP contribution >= 0.6 is 0 Å². The Balaban J connectivity index is 1.60. The second-order valence-corrected chi connectivity index (χ2v) is 7.86. The molecular weight excluding hydrogens is 316 g/mol. The van der Waals surface area contributed by atoms with E-state index in [-0.39, 0.29) is 29.8 Å². The molecule has 1 saturated heterocycles. The molecule has 3 atom stereocenters. The smallest absolute Gasteiger partial charge is 0.310 e. The molecule has 0 spiro atoms. The monoisotopic (exact) mass is 344 g/mol. The number of ether oxygens (including phenoxy) is 2. The number of rotatable bonds is 8. The fourth-order valence-corrected chi connectivity index (χ4v) is 4.67. The molecule has 0 unspecified atom stereocenters. The standard InChI is InChI=1S/C21H28O4/c1-15(10-12-24-14-16-7-5-4-6-8-16)21-18(13-20(21,2)3)17(9-11-22)19(23)25-21/h4-8,17-18,22H,1,9-14H2,2-3H3/t17-,18-,21+/m1/s1. The van der Waals surface area contributed by atoms with Gasteiger partial charge in [-0.1, -0.05) is 50.8 Å². The Morgan fingerprint density at radius 1 is 1.36 bits per heavy atom. The Morgan fingerprint density at radius 3 is 2.72 bits per heavy atom. The molecule has 4 nitrogen and oxygen atoms in total. The van der Waals surface area contributed by atoms with Crippen LogP contribution in [0.5, 0.6) is 0 Å². The number of hydrogen-bond donors (Lipinski definition) is 1. The molecule has 25 heavy (non-hydrogen) atoms. The molecule has 0 bridgehead atoms. The second kappa shape index (κ2) is 6.93. The highest BCUT2D eigenvalue weighted by Crippen LogP contribution is 2.66. The summed E-state index contributed by atoms with van der Waals surface area (Å²) < 4.78 is 11.7. The molecule has 1 aromatic carbocycles. The number of hydrogen-bond acceptors (Lipinski definition) is 4. The molecule has 1 aliphatic carbocycles. The first-order valence-corrected chi connectivity index (χ1v) is 9.06. The van der Waals surface area contributed by atoms with E-state index in [0.29, 0.717) is 26.1 Å². The van der Waals surface area contributed by atoms with E-state index >= 15 is 0 Å². The van der Waals surface area contributed by atoms with Gasteiger partial charge in [-0.25, -0.2) is 0 Å². The van der Waals surface area contributed by atoms with Gasteiger partial charge in [0, 0.05) is 17.9 Å². The van der Waals surface area contributed by atoms with Crippen LogP contribution in [0.1, 0.15) is 38.7 Å². The molecule has 2 fully saturated rings. The number of carbonyl (C=O) groups is 1. The summed E-state index contributed by atoms with van der Waals surface area (Å²) in [6.45, 7) is 9.67. The van der Waals surface area contributed by atoms with Crippen molar-refractivity contribution >= 4 is 5.97 Å². The van der Waals surface area contributed by atoms with Gasteiger partial charge in [0.2, 0.25) is 0 Å². The molecule has 3 rings (SSSR count). The quantitative estimate of drug-likeness (QED) is 0.446. The highest BCUT2D eigenvalue weighted by Gasteiger charge is 2.71. The van der Waals surface area contributed by atoms with Crippen molar-refractivity contribution in [2.24, 2.45) is 17.3 Å². The third-order valence-electron chi connectivity index (χ3n) is 5.93. The van der Waals surface area contributed by atoms with Gasteiger partial charge in [-0.2, -0.15) is 0 Å². The van der Waals surface area contributed by atoms with Crippen molar-refractivity contribution < 1.29 is 19.4 Å². The predicted molar refractivity (Wildman–Crippen MR) is 95.8 cm³/mol. The third kappa shape index (κ3) is 3.02. The Hall–Kier alpha value is -1.65. The van der Waals surface area contributed by atoms with Crippen molar-refractivity contribution in [1.29, 1.82) is 0 Å². The Bertz CT molecular complexity index is 637. The van der Waals surface area contributed by atoms with Crippen molar-refractivity contribution in [2.45, 2.75) is 45.3 Å². The minimum atomic E-state index is -0.597. The summed E-state index contributed by atoms with van der Waals surface area (Å²) in [5.41, 5.74) is 1.37. The maximum atomic E-state index is 12.3. The van der Waals surface area contributed by atoms with Crippen LogP contribution in [0.3, 0.4) is 0 Å². The number of benzene rings is 1. The van der Waals surface area contributed by atoms with Crippen LogP contribution in [0.4, 0.5) is 0 Å². The van der Waals surface area contributed by atoms with Crippen molar-refractivity contribution in [3.63, 3.8) is 0 Å². The van der Waals surface area contributed by atoms with E-state index in [9.17, 15) is 9.90 Å². The lowest BCUT2D eigenvalue weighted by atomic mass is 9.47. The van der Waals surface area contributed by atoms with Crippen LogP contribution in [0, 0.1) is 17.3 Å². The van der Waals surface area contributed by atoms with E-state index < -0.39 is 5.60 Å². The number of esters is 1. The highest BCUT2D eigenvalue weighted by molar-refractivity contribution is 5.78. The third-order valence-corrected chi connectivity index (χ3v) is 5.93. The van der Waals surface area contributed by atoms with Crippen LogP contribution in [0.25, 0.3) is 0 Å². The van der Waals surface area contributed by atoms with Crippen molar-refractivity contribution in [3.05, 3.63) is 48.0 Å². The molecule has 2 aliphatic rings. The summed E-state index contributed by atoms with van der Waals surface area (Å²) in [5, 5.41) is 9.26. The van der Waals surface area contributed by atoms with Gasteiger partial charge in [0.1, 0.15) is 5.60 Å². The first-order chi connectivity index (χ1) is 11.9. The van der Waals surface area contributed by atoms with E-state index in [2.05, 4.69) is 20.4 Å². The van der Waals surface area contributed by atoms with Gasteiger partial charge in [0.25, 0.3) is 0 Å². The van der Waals surface area contributed by atoms with E-state index in [1.165, 1.54) is 0 Å². The molecule has 136 valence electrons.